The molecule has 0 aromatic carbocycles. The number of hydrogen-bond acceptors (Lipinski definition) is 2. The van der Waals surface area contributed by atoms with Crippen molar-refractivity contribution in [3.8, 4) is 0 Å². The predicted octanol–water partition coefficient (Wildman–Crippen LogP) is 5.49. The molecule has 0 bridgehead atoms. The van der Waals surface area contributed by atoms with Crippen molar-refractivity contribution in [3.63, 3.8) is 0 Å². The van der Waals surface area contributed by atoms with Crippen molar-refractivity contribution in [2.45, 2.75) is 78.6 Å². The smallest absolute Gasteiger partial charge is 0.327 e. The second kappa shape index (κ2) is 6.74. The number of carboxylic acid groups (broad SMARTS) is 1. The molecule has 27 heavy (non-hydrogen) atoms. The van der Waals surface area contributed by atoms with Crippen LogP contribution in [0.15, 0.2) is 12.2 Å². The van der Waals surface area contributed by atoms with Crippen molar-refractivity contribution < 1.29 is 14.7 Å². The lowest BCUT2D eigenvalue weighted by atomic mass is 9.44. The molecule has 150 valence electrons. The van der Waals surface area contributed by atoms with E-state index in [1.54, 1.807) is 0 Å². The molecular weight excluding hydrogens is 336 g/mol. The van der Waals surface area contributed by atoms with Gasteiger partial charge in [0.1, 0.15) is 5.78 Å². The van der Waals surface area contributed by atoms with Crippen LogP contribution in [0.1, 0.15) is 78.6 Å². The number of carboxylic acids is 1. The topological polar surface area (TPSA) is 54.4 Å². The van der Waals surface area contributed by atoms with Crippen LogP contribution in [0.3, 0.4) is 0 Å². The number of carbonyl (C=O) groups excluding carboxylic acids is 1. The van der Waals surface area contributed by atoms with Crippen LogP contribution in [0.4, 0.5) is 0 Å². The van der Waals surface area contributed by atoms with Gasteiger partial charge in [-0.25, -0.2) is 4.79 Å². The summed E-state index contributed by atoms with van der Waals surface area (Å²) in [4.78, 5) is 24.5. The number of fused-ring (bicyclic) bond motifs is 5. The molecule has 0 saturated heterocycles. The lowest BCUT2D eigenvalue weighted by Crippen LogP contribution is -2.56. The van der Waals surface area contributed by atoms with Gasteiger partial charge in [0.25, 0.3) is 0 Å². The summed E-state index contributed by atoms with van der Waals surface area (Å²) in [6, 6.07) is 0. The van der Waals surface area contributed by atoms with Crippen molar-refractivity contribution in [3.05, 3.63) is 12.2 Å². The van der Waals surface area contributed by atoms with Gasteiger partial charge in [-0.3, -0.25) is 4.79 Å². The first kappa shape index (κ1) is 19.2. The van der Waals surface area contributed by atoms with Gasteiger partial charge in [-0.05, 0) is 79.4 Å². The summed E-state index contributed by atoms with van der Waals surface area (Å²) < 4.78 is 0. The van der Waals surface area contributed by atoms with E-state index in [4.69, 9.17) is 5.11 Å². The molecule has 4 saturated carbocycles. The lowest BCUT2D eigenvalue weighted by molar-refractivity contribution is -0.156. The second-order valence-corrected chi connectivity index (χ2v) is 10.6. The van der Waals surface area contributed by atoms with Crippen molar-refractivity contribution in [2.24, 2.45) is 46.3 Å². The van der Waals surface area contributed by atoms with Gasteiger partial charge in [0.2, 0.25) is 0 Å². The molecule has 0 aromatic rings. The lowest BCUT2D eigenvalue weighted by Gasteiger charge is -2.60. The first-order chi connectivity index (χ1) is 12.8. The van der Waals surface area contributed by atoms with Crippen LogP contribution >= 0.6 is 0 Å². The normalized spacial score (nSPS) is 48.0. The van der Waals surface area contributed by atoms with Crippen LogP contribution in [0.25, 0.3) is 0 Å². The second-order valence-electron chi connectivity index (χ2n) is 10.6. The summed E-state index contributed by atoms with van der Waals surface area (Å²) >= 11 is 0. The fourth-order valence-corrected chi connectivity index (χ4v) is 8.25. The fraction of sp³-hybridized carbons (Fsp3) is 0.833. The van der Waals surface area contributed by atoms with Crippen molar-refractivity contribution in [2.75, 3.05) is 0 Å². The molecule has 0 spiro atoms. The molecule has 4 rings (SSSR count). The van der Waals surface area contributed by atoms with E-state index in [0.29, 0.717) is 34.9 Å². The molecule has 3 heteroatoms. The average molecular weight is 373 g/mol. The van der Waals surface area contributed by atoms with E-state index in [1.807, 2.05) is 6.08 Å². The highest BCUT2D eigenvalue weighted by Crippen LogP contribution is 2.67. The minimum Gasteiger partial charge on any atom is -0.478 e. The maximum absolute atomic E-state index is 13.6. The Kier molecular flexibility index (Phi) is 4.79. The SMILES string of the molecule is C[C@H](C=CC(=O)O)[C@H]1CC[C@H]2[C@@H]3CCC4CCCC[C@]4(C)[C@H]3CC(=O)[C@]12C. The monoisotopic (exact) mass is 372 g/mol. The van der Waals surface area contributed by atoms with E-state index in [1.165, 1.54) is 44.6 Å². The standard InChI is InChI=1S/C24H36O3/c1-15(7-12-22(26)27)18-10-11-19-17-9-8-16-6-4-5-13-23(16,2)20(17)14-21(25)24(18,19)3/h7,12,15-20H,4-6,8-11,13-14H2,1-3H3,(H,26,27)/t15-,16?,17+,18-,19+,20+,23+,24-/m1/s1. The molecule has 4 fully saturated rings. The van der Waals surface area contributed by atoms with Gasteiger partial charge in [0, 0.05) is 17.9 Å². The number of rotatable bonds is 3. The Morgan fingerprint density at radius 3 is 2.63 bits per heavy atom. The van der Waals surface area contributed by atoms with Gasteiger partial charge in [-0.15, -0.1) is 0 Å². The quantitative estimate of drug-likeness (QED) is 0.666. The minimum atomic E-state index is -0.889. The summed E-state index contributed by atoms with van der Waals surface area (Å²) in [6.07, 6.45) is 14.2. The molecular formula is C24H36O3. The number of hydrogen-bond donors (Lipinski definition) is 1. The van der Waals surface area contributed by atoms with Crippen molar-refractivity contribution >= 4 is 11.8 Å². The van der Waals surface area contributed by atoms with Gasteiger partial charge in [-0.1, -0.05) is 39.7 Å². The van der Waals surface area contributed by atoms with E-state index < -0.39 is 5.97 Å². The maximum atomic E-state index is 13.6. The number of aliphatic carboxylic acids is 1. The Hall–Kier alpha value is -1.12. The van der Waals surface area contributed by atoms with Crippen LogP contribution in [0.5, 0.6) is 0 Å². The number of Topliss-reactive ketones (excluding diaryl/α,β-unsaturated/α-hetero) is 1. The van der Waals surface area contributed by atoms with E-state index >= 15 is 0 Å². The summed E-state index contributed by atoms with van der Waals surface area (Å²) in [5, 5.41) is 8.99. The van der Waals surface area contributed by atoms with Gasteiger partial charge in [-0.2, -0.15) is 0 Å². The largest absolute Gasteiger partial charge is 0.478 e. The zero-order chi connectivity index (χ0) is 19.4. The Morgan fingerprint density at radius 1 is 1.11 bits per heavy atom. The molecule has 4 aliphatic carbocycles. The van der Waals surface area contributed by atoms with Crippen molar-refractivity contribution in [1.29, 1.82) is 0 Å². The average Bonchev–Trinajstić information content (AvgIpc) is 2.99. The zero-order valence-electron chi connectivity index (χ0n) is 17.2. The highest BCUT2D eigenvalue weighted by atomic mass is 16.4. The highest BCUT2D eigenvalue weighted by Gasteiger charge is 2.63. The van der Waals surface area contributed by atoms with Gasteiger partial charge >= 0.3 is 5.97 Å². The molecule has 8 atom stereocenters. The Balaban J connectivity index is 1.62. The molecule has 0 amide bonds. The summed E-state index contributed by atoms with van der Waals surface area (Å²) in [5.74, 6) is 2.67. The van der Waals surface area contributed by atoms with Crippen LogP contribution in [-0.2, 0) is 9.59 Å². The molecule has 0 heterocycles. The van der Waals surface area contributed by atoms with Crippen LogP contribution < -0.4 is 0 Å². The Bertz CT molecular complexity index is 652. The third-order valence-corrected chi connectivity index (χ3v) is 9.69. The Morgan fingerprint density at radius 2 is 1.89 bits per heavy atom. The van der Waals surface area contributed by atoms with E-state index in [9.17, 15) is 9.59 Å². The third kappa shape index (κ3) is 2.83. The maximum Gasteiger partial charge on any atom is 0.327 e. The number of carbonyl (C=O) groups is 2. The minimum absolute atomic E-state index is 0.151. The number of ketones is 1. The van der Waals surface area contributed by atoms with Gasteiger partial charge in [0.15, 0.2) is 0 Å². The van der Waals surface area contributed by atoms with Crippen LogP contribution in [0, 0.1) is 46.3 Å². The molecule has 0 aliphatic heterocycles. The summed E-state index contributed by atoms with van der Waals surface area (Å²) in [6.45, 7) is 6.85. The predicted molar refractivity (Wildman–Crippen MR) is 106 cm³/mol. The van der Waals surface area contributed by atoms with Crippen LogP contribution in [-0.4, -0.2) is 16.9 Å². The molecule has 1 unspecified atom stereocenters. The fourth-order valence-electron chi connectivity index (χ4n) is 8.25. The highest BCUT2D eigenvalue weighted by molar-refractivity contribution is 5.87. The molecule has 4 aliphatic rings. The molecule has 3 nitrogen and oxygen atoms in total. The molecule has 0 aromatic heterocycles. The van der Waals surface area contributed by atoms with Crippen molar-refractivity contribution in [1.82, 2.24) is 0 Å². The van der Waals surface area contributed by atoms with Gasteiger partial charge in [0.05, 0.1) is 0 Å². The van der Waals surface area contributed by atoms with E-state index in [2.05, 4.69) is 20.8 Å². The summed E-state index contributed by atoms with van der Waals surface area (Å²) in [5.41, 5.74) is 0.131. The first-order valence-corrected chi connectivity index (χ1v) is 11.2. The van der Waals surface area contributed by atoms with E-state index in [0.717, 1.165) is 25.2 Å². The zero-order valence-corrected chi connectivity index (χ0v) is 17.2. The van der Waals surface area contributed by atoms with E-state index in [-0.39, 0.29) is 11.3 Å². The molecule has 0 radical (unpaired) electrons. The first-order valence-electron chi connectivity index (χ1n) is 11.2. The molecule has 1 N–H and O–H groups in total. The van der Waals surface area contributed by atoms with Crippen LogP contribution in [0.2, 0.25) is 0 Å². The Labute approximate surface area is 164 Å². The number of allylic oxidation sites excluding steroid dienone is 1. The van der Waals surface area contributed by atoms with Gasteiger partial charge < -0.3 is 5.11 Å². The summed E-state index contributed by atoms with van der Waals surface area (Å²) in [7, 11) is 0. The third-order valence-electron chi connectivity index (χ3n) is 9.69.